The van der Waals surface area contributed by atoms with Gasteiger partial charge in [0.15, 0.2) is 5.11 Å². The molecular formula is C17H18FN3OS2. The maximum Gasteiger partial charge on any atom is 0.239 e. The predicted octanol–water partition coefficient (Wildman–Crippen LogP) is 3.00. The molecule has 0 aliphatic heterocycles. The molecule has 0 saturated carbocycles. The fraction of sp³-hybridized carbons (Fsp3) is 0.176. The molecule has 2 aromatic carbocycles. The van der Waals surface area contributed by atoms with Gasteiger partial charge in [-0.2, -0.15) is 0 Å². The number of carbonyl (C=O) groups excluding carboxylic acids is 1. The zero-order valence-electron chi connectivity index (χ0n) is 12.9. The first-order valence-electron chi connectivity index (χ1n) is 7.38. The molecule has 0 radical (unpaired) electrons. The second-order valence-corrected chi connectivity index (χ2v) is 6.47. The van der Waals surface area contributed by atoms with Gasteiger partial charge < -0.3 is 5.32 Å². The summed E-state index contributed by atoms with van der Waals surface area (Å²) in [5.41, 5.74) is 6.32. The quantitative estimate of drug-likeness (QED) is 0.418. The lowest BCUT2D eigenvalue weighted by Crippen LogP contribution is -2.46. The summed E-state index contributed by atoms with van der Waals surface area (Å²) in [6.07, 6.45) is 0.330. The summed E-state index contributed by atoms with van der Waals surface area (Å²) in [6, 6.07) is 16.0. The second kappa shape index (κ2) is 9.89. The number of amides is 1. The molecule has 24 heavy (non-hydrogen) atoms. The number of hydrazine groups is 1. The van der Waals surface area contributed by atoms with Gasteiger partial charge in [-0.15, -0.1) is 11.8 Å². The number of nitrogens with one attached hydrogen (secondary N) is 3. The summed E-state index contributed by atoms with van der Waals surface area (Å²) in [5.74, 6) is 0.176. The monoisotopic (exact) mass is 363 g/mol. The Hall–Kier alpha value is -2.12. The Morgan fingerprint density at radius 3 is 2.46 bits per heavy atom. The van der Waals surface area contributed by atoms with Crippen LogP contribution in [0.2, 0.25) is 0 Å². The standard InChI is InChI=1S/C17H18FN3OS2/c18-14-6-8-15(9-7-14)24-11-10-16(22)20-21-17(23)19-12-13-4-2-1-3-5-13/h1-9H,10-12H2,(H,20,22)(H2,19,21,23). The second-order valence-electron chi connectivity index (χ2n) is 4.89. The van der Waals surface area contributed by atoms with Crippen LogP contribution in [0, 0.1) is 5.82 Å². The third-order valence-corrected chi connectivity index (χ3v) is 4.28. The van der Waals surface area contributed by atoms with Crippen molar-refractivity contribution in [1.82, 2.24) is 16.2 Å². The maximum absolute atomic E-state index is 12.8. The number of carbonyl (C=O) groups is 1. The normalized spacial score (nSPS) is 10.0. The van der Waals surface area contributed by atoms with E-state index in [4.69, 9.17) is 12.2 Å². The van der Waals surface area contributed by atoms with Crippen LogP contribution in [0.25, 0.3) is 0 Å². The Bertz CT molecular complexity index is 665. The molecule has 0 saturated heterocycles. The van der Waals surface area contributed by atoms with Gasteiger partial charge in [-0.3, -0.25) is 15.6 Å². The van der Waals surface area contributed by atoms with E-state index in [1.165, 1.54) is 23.9 Å². The molecule has 0 aliphatic rings. The minimum atomic E-state index is -0.266. The van der Waals surface area contributed by atoms with Crippen molar-refractivity contribution >= 4 is 35.0 Å². The largest absolute Gasteiger partial charge is 0.357 e. The van der Waals surface area contributed by atoms with Crippen LogP contribution in [0.1, 0.15) is 12.0 Å². The van der Waals surface area contributed by atoms with Crippen LogP contribution >= 0.6 is 24.0 Å². The highest BCUT2D eigenvalue weighted by Crippen LogP contribution is 2.18. The molecule has 0 bridgehead atoms. The number of hydrogen-bond acceptors (Lipinski definition) is 3. The molecule has 2 rings (SSSR count). The van der Waals surface area contributed by atoms with Crippen LogP contribution in [0.5, 0.6) is 0 Å². The topological polar surface area (TPSA) is 53.2 Å². The zero-order chi connectivity index (χ0) is 17.2. The minimum absolute atomic E-state index is 0.159. The molecule has 2 aromatic rings. The van der Waals surface area contributed by atoms with E-state index in [1.54, 1.807) is 12.1 Å². The van der Waals surface area contributed by atoms with Gasteiger partial charge in [0.25, 0.3) is 0 Å². The van der Waals surface area contributed by atoms with E-state index < -0.39 is 0 Å². The van der Waals surface area contributed by atoms with Crippen LogP contribution in [-0.4, -0.2) is 16.8 Å². The minimum Gasteiger partial charge on any atom is -0.357 e. The smallest absolute Gasteiger partial charge is 0.239 e. The highest BCUT2D eigenvalue weighted by molar-refractivity contribution is 7.99. The summed E-state index contributed by atoms with van der Waals surface area (Å²) in [4.78, 5) is 12.7. The van der Waals surface area contributed by atoms with E-state index in [2.05, 4.69) is 16.2 Å². The van der Waals surface area contributed by atoms with Crippen molar-refractivity contribution < 1.29 is 9.18 Å². The van der Waals surface area contributed by atoms with Crippen LogP contribution in [-0.2, 0) is 11.3 Å². The van der Waals surface area contributed by atoms with E-state index in [0.29, 0.717) is 23.8 Å². The van der Waals surface area contributed by atoms with Gasteiger partial charge in [-0.25, -0.2) is 4.39 Å². The number of rotatable bonds is 6. The van der Waals surface area contributed by atoms with Crippen molar-refractivity contribution in [2.75, 3.05) is 5.75 Å². The van der Waals surface area contributed by atoms with Crippen molar-refractivity contribution in [1.29, 1.82) is 0 Å². The molecule has 0 aromatic heterocycles. The van der Waals surface area contributed by atoms with Gasteiger partial charge in [0.05, 0.1) is 0 Å². The Labute approximate surface area is 150 Å². The molecule has 126 valence electrons. The molecule has 1 amide bonds. The van der Waals surface area contributed by atoms with Crippen molar-refractivity contribution in [2.45, 2.75) is 17.9 Å². The summed E-state index contributed by atoms with van der Waals surface area (Å²) in [6.45, 7) is 0.586. The lowest BCUT2D eigenvalue weighted by molar-refractivity contribution is -0.121. The first-order chi connectivity index (χ1) is 11.6. The van der Waals surface area contributed by atoms with Gasteiger partial charge >= 0.3 is 0 Å². The van der Waals surface area contributed by atoms with Gasteiger partial charge in [0.1, 0.15) is 5.82 Å². The first-order valence-corrected chi connectivity index (χ1v) is 8.78. The fourth-order valence-corrected chi connectivity index (χ4v) is 2.78. The van der Waals surface area contributed by atoms with Crippen molar-refractivity contribution in [3.8, 4) is 0 Å². The van der Waals surface area contributed by atoms with E-state index >= 15 is 0 Å². The highest BCUT2D eigenvalue weighted by Gasteiger charge is 2.03. The van der Waals surface area contributed by atoms with Crippen LogP contribution < -0.4 is 16.2 Å². The van der Waals surface area contributed by atoms with Gasteiger partial charge in [-0.1, -0.05) is 30.3 Å². The zero-order valence-corrected chi connectivity index (χ0v) is 14.6. The molecule has 0 spiro atoms. The highest BCUT2D eigenvalue weighted by atomic mass is 32.2. The Kier molecular flexibility index (Phi) is 7.51. The lowest BCUT2D eigenvalue weighted by Gasteiger charge is -2.11. The third-order valence-electron chi connectivity index (χ3n) is 3.02. The number of thiocarbonyl (C=S) groups is 1. The number of halogens is 1. The van der Waals surface area contributed by atoms with Gasteiger partial charge in [0, 0.05) is 23.6 Å². The molecule has 3 N–H and O–H groups in total. The Morgan fingerprint density at radius 1 is 1.04 bits per heavy atom. The summed E-state index contributed by atoms with van der Waals surface area (Å²) < 4.78 is 12.8. The van der Waals surface area contributed by atoms with Crippen LogP contribution in [0.15, 0.2) is 59.5 Å². The average molecular weight is 363 g/mol. The number of hydrogen-bond donors (Lipinski definition) is 3. The summed E-state index contributed by atoms with van der Waals surface area (Å²) >= 11 is 6.59. The molecule has 7 heteroatoms. The first kappa shape index (κ1) is 18.2. The van der Waals surface area contributed by atoms with Gasteiger partial charge in [0.2, 0.25) is 5.91 Å². The van der Waals surface area contributed by atoms with E-state index in [9.17, 15) is 9.18 Å². The summed E-state index contributed by atoms with van der Waals surface area (Å²) in [7, 11) is 0. The van der Waals surface area contributed by atoms with E-state index in [0.717, 1.165) is 10.5 Å². The molecule has 0 atom stereocenters. The SMILES string of the molecule is O=C(CCSc1ccc(F)cc1)NNC(=S)NCc1ccccc1. The van der Waals surface area contributed by atoms with Crippen molar-refractivity contribution in [3.05, 3.63) is 66.0 Å². The predicted molar refractivity (Wildman–Crippen MR) is 98.9 cm³/mol. The number of benzene rings is 2. The van der Waals surface area contributed by atoms with Crippen LogP contribution in [0.4, 0.5) is 4.39 Å². The Morgan fingerprint density at radius 2 is 1.75 bits per heavy atom. The third kappa shape index (κ3) is 6.97. The molecule has 4 nitrogen and oxygen atoms in total. The Balaban J connectivity index is 1.58. The maximum atomic E-state index is 12.8. The lowest BCUT2D eigenvalue weighted by atomic mass is 10.2. The molecule has 0 fully saturated rings. The molecule has 0 unspecified atom stereocenters. The molecule has 0 aliphatic carbocycles. The van der Waals surface area contributed by atoms with Gasteiger partial charge in [-0.05, 0) is 42.0 Å². The molecule has 0 heterocycles. The average Bonchev–Trinajstić information content (AvgIpc) is 2.61. The van der Waals surface area contributed by atoms with Crippen molar-refractivity contribution in [3.63, 3.8) is 0 Å². The van der Waals surface area contributed by atoms with Crippen molar-refractivity contribution in [2.24, 2.45) is 0 Å². The fourth-order valence-electron chi connectivity index (χ4n) is 1.80. The van der Waals surface area contributed by atoms with Crippen LogP contribution in [0.3, 0.4) is 0 Å². The summed E-state index contributed by atoms with van der Waals surface area (Å²) in [5, 5.41) is 3.37. The number of thioether (sulfide) groups is 1. The van der Waals surface area contributed by atoms with E-state index in [1.807, 2.05) is 30.3 Å². The molecular weight excluding hydrogens is 345 g/mol. The van der Waals surface area contributed by atoms with E-state index in [-0.39, 0.29) is 11.7 Å².